The van der Waals surface area contributed by atoms with Gasteiger partial charge in [-0.2, -0.15) is 0 Å². The van der Waals surface area contributed by atoms with Crippen LogP contribution >= 0.6 is 23.1 Å². The van der Waals surface area contributed by atoms with Crippen molar-refractivity contribution >= 4 is 39.4 Å². The Kier molecular flexibility index (Phi) is 5.75. The fraction of sp³-hybridized carbons (Fsp3) is 0.389. The molecule has 0 spiro atoms. The quantitative estimate of drug-likeness (QED) is 0.811. The van der Waals surface area contributed by atoms with E-state index in [2.05, 4.69) is 48.4 Å². The second-order valence-electron chi connectivity index (χ2n) is 6.05. The smallest absolute Gasteiger partial charge is 0.282 e. The predicted octanol–water partition coefficient (Wildman–Crippen LogP) is 4.43. The molecule has 1 fully saturated rings. The Labute approximate surface area is 155 Å². The van der Waals surface area contributed by atoms with Crippen LogP contribution in [0.1, 0.15) is 31.7 Å². The summed E-state index contributed by atoms with van der Waals surface area (Å²) in [5, 5.41) is 5.25. The van der Waals surface area contributed by atoms with E-state index in [0.717, 1.165) is 23.4 Å². The van der Waals surface area contributed by atoms with Gasteiger partial charge in [0.15, 0.2) is 5.13 Å². The van der Waals surface area contributed by atoms with E-state index in [1.54, 1.807) is 4.90 Å². The molecule has 3 rings (SSSR count). The highest BCUT2D eigenvalue weighted by Gasteiger charge is 2.23. The van der Waals surface area contributed by atoms with Crippen molar-refractivity contribution in [2.45, 2.75) is 26.2 Å². The van der Waals surface area contributed by atoms with Crippen LogP contribution in [0, 0.1) is 0 Å². The third kappa shape index (κ3) is 4.41. The van der Waals surface area contributed by atoms with E-state index < -0.39 is 0 Å². The number of amides is 2. The molecule has 7 heteroatoms. The molecule has 1 aliphatic rings. The van der Waals surface area contributed by atoms with Gasteiger partial charge < -0.3 is 10.2 Å². The summed E-state index contributed by atoms with van der Waals surface area (Å²) in [7, 11) is 0. The third-order valence-electron chi connectivity index (χ3n) is 4.32. The number of carbonyl (C=O) groups is 2. The Morgan fingerprint density at radius 3 is 2.76 bits per heavy atom. The minimum absolute atomic E-state index is 0.0311. The summed E-state index contributed by atoms with van der Waals surface area (Å²) in [6, 6.07) is 8.42. The van der Waals surface area contributed by atoms with Gasteiger partial charge in [0, 0.05) is 23.2 Å². The highest BCUT2D eigenvalue weighted by molar-refractivity contribution is 8.13. The van der Waals surface area contributed by atoms with Crippen LogP contribution in [0.3, 0.4) is 0 Å². The molecule has 1 aromatic carbocycles. The van der Waals surface area contributed by atoms with Crippen LogP contribution in [0.5, 0.6) is 0 Å². The molecule has 132 valence electrons. The zero-order chi connectivity index (χ0) is 17.8. The first-order chi connectivity index (χ1) is 12.1. The molecule has 1 saturated heterocycles. The molecule has 1 unspecified atom stereocenters. The molecule has 1 aromatic heterocycles. The molecule has 0 radical (unpaired) electrons. The van der Waals surface area contributed by atoms with E-state index in [0.29, 0.717) is 17.6 Å². The SMILES string of the molecule is CCC(C)c1ccc(-c2csc(NC(=O)CN3CCSC3=O)n2)cc1. The van der Waals surface area contributed by atoms with E-state index in [1.165, 1.54) is 28.7 Å². The monoisotopic (exact) mass is 375 g/mol. The van der Waals surface area contributed by atoms with Crippen molar-refractivity contribution in [3.05, 3.63) is 35.2 Å². The van der Waals surface area contributed by atoms with Gasteiger partial charge in [0.2, 0.25) is 5.91 Å². The summed E-state index contributed by atoms with van der Waals surface area (Å²) < 4.78 is 0. The van der Waals surface area contributed by atoms with Gasteiger partial charge in [-0.05, 0) is 17.9 Å². The lowest BCUT2D eigenvalue weighted by Crippen LogP contribution is -2.33. The molecule has 0 saturated carbocycles. The first kappa shape index (κ1) is 17.9. The lowest BCUT2D eigenvalue weighted by Gasteiger charge is -2.12. The van der Waals surface area contributed by atoms with Crippen LogP contribution in [0.25, 0.3) is 11.3 Å². The fourth-order valence-corrected chi connectivity index (χ4v) is 4.14. The van der Waals surface area contributed by atoms with Crippen molar-refractivity contribution in [3.8, 4) is 11.3 Å². The Balaban J connectivity index is 1.62. The van der Waals surface area contributed by atoms with Crippen molar-refractivity contribution in [3.63, 3.8) is 0 Å². The van der Waals surface area contributed by atoms with Gasteiger partial charge in [-0.3, -0.25) is 9.59 Å². The number of thioether (sulfide) groups is 1. The maximum Gasteiger partial charge on any atom is 0.282 e. The van der Waals surface area contributed by atoms with Crippen molar-refractivity contribution in [1.82, 2.24) is 9.88 Å². The van der Waals surface area contributed by atoms with Gasteiger partial charge in [-0.1, -0.05) is 49.9 Å². The summed E-state index contributed by atoms with van der Waals surface area (Å²) in [5.41, 5.74) is 3.21. The Bertz CT molecular complexity index is 758. The van der Waals surface area contributed by atoms with Crippen LogP contribution in [-0.2, 0) is 4.79 Å². The lowest BCUT2D eigenvalue weighted by molar-refractivity contribution is -0.116. The minimum atomic E-state index is -0.205. The molecule has 1 aliphatic heterocycles. The number of benzene rings is 1. The number of hydrogen-bond acceptors (Lipinski definition) is 5. The lowest BCUT2D eigenvalue weighted by atomic mass is 9.97. The molecule has 5 nitrogen and oxygen atoms in total. The van der Waals surface area contributed by atoms with Gasteiger partial charge in [-0.15, -0.1) is 11.3 Å². The largest absolute Gasteiger partial charge is 0.323 e. The molecular weight excluding hydrogens is 354 g/mol. The summed E-state index contributed by atoms with van der Waals surface area (Å²) in [5.74, 6) is 1.09. The second kappa shape index (κ2) is 8.01. The standard InChI is InChI=1S/C18H21N3O2S2/c1-3-12(2)13-4-6-14(7-5-13)15-11-25-17(19-15)20-16(22)10-21-8-9-24-18(21)23/h4-7,11-12H,3,8-10H2,1-2H3,(H,19,20,22). The maximum absolute atomic E-state index is 12.1. The average molecular weight is 376 g/mol. The summed E-state index contributed by atoms with van der Waals surface area (Å²) in [4.78, 5) is 29.7. The van der Waals surface area contributed by atoms with Crippen LogP contribution in [-0.4, -0.2) is 39.9 Å². The number of carbonyl (C=O) groups excluding carboxylic acids is 2. The summed E-state index contributed by atoms with van der Waals surface area (Å²) in [6.07, 6.45) is 1.12. The Morgan fingerprint density at radius 1 is 1.36 bits per heavy atom. The molecule has 0 bridgehead atoms. The van der Waals surface area contributed by atoms with Crippen LogP contribution in [0.4, 0.5) is 9.93 Å². The highest BCUT2D eigenvalue weighted by atomic mass is 32.2. The summed E-state index contributed by atoms with van der Waals surface area (Å²) in [6.45, 7) is 5.12. The van der Waals surface area contributed by atoms with Crippen LogP contribution < -0.4 is 5.32 Å². The van der Waals surface area contributed by atoms with Crippen LogP contribution in [0.2, 0.25) is 0 Å². The number of anilines is 1. The molecular formula is C18H21N3O2S2. The number of rotatable bonds is 6. The Morgan fingerprint density at radius 2 is 2.12 bits per heavy atom. The highest BCUT2D eigenvalue weighted by Crippen LogP contribution is 2.27. The number of aromatic nitrogens is 1. The van der Waals surface area contributed by atoms with Crippen molar-refractivity contribution in [2.24, 2.45) is 0 Å². The zero-order valence-electron chi connectivity index (χ0n) is 14.3. The van der Waals surface area contributed by atoms with E-state index in [1.807, 2.05) is 5.38 Å². The normalized spacial score (nSPS) is 15.4. The molecule has 2 aromatic rings. The van der Waals surface area contributed by atoms with Crippen molar-refractivity contribution < 1.29 is 9.59 Å². The number of nitrogens with zero attached hydrogens (tertiary/aromatic N) is 2. The second-order valence-corrected chi connectivity index (χ2v) is 7.96. The van der Waals surface area contributed by atoms with Gasteiger partial charge in [0.25, 0.3) is 5.24 Å². The molecule has 2 heterocycles. The molecule has 0 aliphatic carbocycles. The molecule has 25 heavy (non-hydrogen) atoms. The number of nitrogens with one attached hydrogen (secondary N) is 1. The van der Waals surface area contributed by atoms with E-state index in [9.17, 15) is 9.59 Å². The Hall–Kier alpha value is -1.86. The first-order valence-electron chi connectivity index (χ1n) is 8.34. The molecule has 1 atom stereocenters. The van der Waals surface area contributed by atoms with Gasteiger partial charge in [0.05, 0.1) is 5.69 Å². The first-order valence-corrected chi connectivity index (χ1v) is 10.2. The van der Waals surface area contributed by atoms with Crippen LogP contribution in [0.15, 0.2) is 29.6 Å². The van der Waals surface area contributed by atoms with Crippen molar-refractivity contribution in [2.75, 3.05) is 24.2 Å². The maximum atomic E-state index is 12.1. The topological polar surface area (TPSA) is 62.3 Å². The van der Waals surface area contributed by atoms with Gasteiger partial charge in [0.1, 0.15) is 6.54 Å². The molecule has 1 N–H and O–H groups in total. The number of thiazole rings is 1. The summed E-state index contributed by atoms with van der Waals surface area (Å²) >= 11 is 2.65. The van der Waals surface area contributed by atoms with E-state index in [-0.39, 0.29) is 17.7 Å². The van der Waals surface area contributed by atoms with Gasteiger partial charge >= 0.3 is 0 Å². The minimum Gasteiger partial charge on any atom is -0.323 e. The van der Waals surface area contributed by atoms with Crippen molar-refractivity contribution in [1.29, 1.82) is 0 Å². The zero-order valence-corrected chi connectivity index (χ0v) is 16.0. The predicted molar refractivity (Wildman–Crippen MR) is 104 cm³/mol. The van der Waals surface area contributed by atoms with E-state index in [4.69, 9.17) is 0 Å². The third-order valence-corrected chi connectivity index (χ3v) is 5.97. The fourth-order valence-electron chi connectivity index (χ4n) is 2.58. The van der Waals surface area contributed by atoms with Gasteiger partial charge in [-0.25, -0.2) is 4.98 Å². The van der Waals surface area contributed by atoms with E-state index >= 15 is 0 Å². The number of hydrogen-bond donors (Lipinski definition) is 1. The average Bonchev–Trinajstić information content (AvgIpc) is 3.24. The molecule has 2 amide bonds.